The molecular weight excluding hydrogens is 230 g/mol. The fourth-order valence-electron chi connectivity index (χ4n) is 1.63. The molecule has 0 aliphatic rings. The van der Waals surface area contributed by atoms with E-state index in [1.807, 2.05) is 25.1 Å². The second-order valence-corrected chi connectivity index (χ2v) is 5.78. The van der Waals surface area contributed by atoms with Gasteiger partial charge in [0.1, 0.15) is 6.29 Å². The zero-order valence-corrected chi connectivity index (χ0v) is 11.8. The van der Waals surface area contributed by atoms with Crippen molar-refractivity contribution < 1.29 is 4.79 Å². The van der Waals surface area contributed by atoms with E-state index >= 15 is 0 Å². The van der Waals surface area contributed by atoms with Crippen molar-refractivity contribution in [3.63, 3.8) is 0 Å². The summed E-state index contributed by atoms with van der Waals surface area (Å²) in [5, 5.41) is 0. The van der Waals surface area contributed by atoms with Gasteiger partial charge in [0.15, 0.2) is 0 Å². The summed E-state index contributed by atoms with van der Waals surface area (Å²) < 4.78 is 2.22. The molecule has 2 unspecified atom stereocenters. The van der Waals surface area contributed by atoms with Gasteiger partial charge in [-0.25, -0.2) is 4.31 Å². The van der Waals surface area contributed by atoms with Crippen LogP contribution >= 0.6 is 11.9 Å². The van der Waals surface area contributed by atoms with Crippen LogP contribution in [0.25, 0.3) is 0 Å². The van der Waals surface area contributed by atoms with Crippen LogP contribution in [0.3, 0.4) is 0 Å². The Hall–Kier alpha value is -0.800. The van der Waals surface area contributed by atoms with Crippen molar-refractivity contribution in [2.45, 2.75) is 31.7 Å². The molecule has 0 heterocycles. The Kier molecular flexibility index (Phi) is 5.72. The largest absolute Gasteiger partial charge is 0.303 e. The number of hydrogen-bond donors (Lipinski definition) is 0. The van der Waals surface area contributed by atoms with Gasteiger partial charge in [0.05, 0.1) is 0 Å². The molecule has 1 rings (SSSR count). The van der Waals surface area contributed by atoms with Crippen molar-refractivity contribution in [3.05, 3.63) is 30.3 Å². The predicted octanol–water partition coefficient (Wildman–Crippen LogP) is 3.49. The number of nitrogens with zero attached hydrogens (tertiary/aromatic N) is 1. The molecule has 0 amide bonds. The van der Waals surface area contributed by atoms with Gasteiger partial charge in [0, 0.05) is 16.9 Å². The number of rotatable bonds is 6. The highest BCUT2D eigenvalue weighted by Gasteiger charge is 2.22. The SMILES string of the molecule is CC(C(C)N(C)Sc1ccccc1)[C@@H](C)C=O. The molecule has 0 aromatic heterocycles. The maximum absolute atomic E-state index is 10.8. The van der Waals surface area contributed by atoms with Gasteiger partial charge in [0.2, 0.25) is 0 Å². The molecule has 3 atom stereocenters. The van der Waals surface area contributed by atoms with E-state index < -0.39 is 0 Å². The van der Waals surface area contributed by atoms with Crippen LogP contribution in [0.5, 0.6) is 0 Å². The molecule has 2 nitrogen and oxygen atoms in total. The molecule has 1 aromatic carbocycles. The summed E-state index contributed by atoms with van der Waals surface area (Å²) >= 11 is 1.73. The van der Waals surface area contributed by atoms with Crippen LogP contribution < -0.4 is 0 Å². The van der Waals surface area contributed by atoms with Crippen LogP contribution in [0.15, 0.2) is 35.2 Å². The van der Waals surface area contributed by atoms with Crippen LogP contribution in [0, 0.1) is 11.8 Å². The number of hydrogen-bond acceptors (Lipinski definition) is 3. The van der Waals surface area contributed by atoms with E-state index in [0.717, 1.165) is 6.29 Å². The average Bonchev–Trinajstić information content (AvgIpc) is 2.37. The van der Waals surface area contributed by atoms with Gasteiger partial charge in [-0.2, -0.15) is 0 Å². The van der Waals surface area contributed by atoms with E-state index in [2.05, 4.69) is 37.3 Å². The first kappa shape index (κ1) is 14.3. The molecule has 17 heavy (non-hydrogen) atoms. The van der Waals surface area contributed by atoms with Gasteiger partial charge in [-0.05, 0) is 44.0 Å². The minimum absolute atomic E-state index is 0.101. The summed E-state index contributed by atoms with van der Waals surface area (Å²) in [6.07, 6.45) is 1.04. The first-order valence-electron chi connectivity index (χ1n) is 5.97. The number of aldehydes is 1. The molecule has 0 N–H and O–H groups in total. The zero-order valence-electron chi connectivity index (χ0n) is 11.0. The summed E-state index contributed by atoms with van der Waals surface area (Å²) in [5.41, 5.74) is 0. The predicted molar refractivity (Wildman–Crippen MR) is 73.9 cm³/mol. The average molecular weight is 251 g/mol. The number of benzene rings is 1. The standard InChI is InChI=1S/C14H21NOS/c1-11(10-16)12(2)13(3)15(4)17-14-8-6-5-7-9-14/h5-13H,1-4H3/t11-,12?,13?/m0/s1. The molecule has 0 saturated heterocycles. The summed E-state index contributed by atoms with van der Waals surface area (Å²) in [6.45, 7) is 6.28. The van der Waals surface area contributed by atoms with Crippen molar-refractivity contribution >= 4 is 18.2 Å². The highest BCUT2D eigenvalue weighted by molar-refractivity contribution is 7.97. The first-order chi connectivity index (χ1) is 8.06. The van der Waals surface area contributed by atoms with E-state index in [4.69, 9.17) is 0 Å². The Bertz CT molecular complexity index is 341. The second kappa shape index (κ2) is 6.82. The molecule has 1 aromatic rings. The summed E-state index contributed by atoms with van der Waals surface area (Å²) in [6, 6.07) is 10.7. The van der Waals surface area contributed by atoms with Crippen molar-refractivity contribution in [1.29, 1.82) is 0 Å². The molecule has 0 aliphatic heterocycles. The third kappa shape index (κ3) is 4.17. The van der Waals surface area contributed by atoms with Crippen LogP contribution in [0.4, 0.5) is 0 Å². The zero-order chi connectivity index (χ0) is 12.8. The van der Waals surface area contributed by atoms with Gasteiger partial charge in [-0.3, -0.25) is 0 Å². The Morgan fingerprint density at radius 2 is 1.76 bits per heavy atom. The third-order valence-corrected chi connectivity index (χ3v) is 4.47. The lowest BCUT2D eigenvalue weighted by Gasteiger charge is -2.30. The lowest BCUT2D eigenvalue weighted by molar-refractivity contribution is -0.112. The Morgan fingerprint density at radius 3 is 2.29 bits per heavy atom. The van der Waals surface area contributed by atoms with Gasteiger partial charge >= 0.3 is 0 Å². The molecular formula is C14H21NOS. The van der Waals surface area contributed by atoms with Crippen LogP contribution in [0.2, 0.25) is 0 Å². The summed E-state index contributed by atoms with van der Waals surface area (Å²) in [5.74, 6) is 0.456. The number of carbonyl (C=O) groups is 1. The molecule has 0 saturated carbocycles. The fraction of sp³-hybridized carbons (Fsp3) is 0.500. The van der Waals surface area contributed by atoms with Crippen molar-refractivity contribution in [2.75, 3.05) is 7.05 Å². The molecule has 94 valence electrons. The Labute approximate surface area is 109 Å². The highest BCUT2D eigenvalue weighted by atomic mass is 32.2. The lowest BCUT2D eigenvalue weighted by atomic mass is 9.91. The smallest absolute Gasteiger partial charge is 0.123 e. The van der Waals surface area contributed by atoms with E-state index in [-0.39, 0.29) is 5.92 Å². The minimum Gasteiger partial charge on any atom is -0.303 e. The van der Waals surface area contributed by atoms with E-state index in [1.165, 1.54) is 4.90 Å². The summed E-state index contributed by atoms with van der Waals surface area (Å²) in [7, 11) is 2.08. The molecule has 0 aliphatic carbocycles. The van der Waals surface area contributed by atoms with Crippen molar-refractivity contribution in [3.8, 4) is 0 Å². The van der Waals surface area contributed by atoms with Crippen molar-refractivity contribution in [1.82, 2.24) is 4.31 Å². The topological polar surface area (TPSA) is 20.3 Å². The second-order valence-electron chi connectivity index (χ2n) is 4.55. The van der Waals surface area contributed by atoms with E-state index in [0.29, 0.717) is 12.0 Å². The van der Waals surface area contributed by atoms with Gasteiger partial charge in [0.25, 0.3) is 0 Å². The van der Waals surface area contributed by atoms with Gasteiger partial charge < -0.3 is 4.79 Å². The molecule has 0 bridgehead atoms. The van der Waals surface area contributed by atoms with E-state index in [9.17, 15) is 4.79 Å². The maximum Gasteiger partial charge on any atom is 0.123 e. The lowest BCUT2D eigenvalue weighted by Crippen LogP contribution is -2.33. The molecule has 0 fully saturated rings. The van der Waals surface area contributed by atoms with Crippen LogP contribution in [-0.2, 0) is 4.79 Å². The molecule has 3 heteroatoms. The number of carbonyl (C=O) groups excluding carboxylic acids is 1. The van der Waals surface area contributed by atoms with E-state index in [1.54, 1.807) is 11.9 Å². The normalized spacial score (nSPS) is 16.5. The Balaban J connectivity index is 2.58. The van der Waals surface area contributed by atoms with Gasteiger partial charge in [-0.15, -0.1) is 0 Å². The minimum atomic E-state index is 0.101. The monoisotopic (exact) mass is 251 g/mol. The third-order valence-electron chi connectivity index (χ3n) is 3.37. The highest BCUT2D eigenvalue weighted by Crippen LogP contribution is 2.27. The van der Waals surface area contributed by atoms with Crippen LogP contribution in [0.1, 0.15) is 20.8 Å². The quantitative estimate of drug-likeness (QED) is 0.570. The maximum atomic E-state index is 10.8. The fourth-order valence-corrected chi connectivity index (χ4v) is 2.59. The van der Waals surface area contributed by atoms with Gasteiger partial charge in [-0.1, -0.05) is 32.0 Å². The first-order valence-corrected chi connectivity index (χ1v) is 6.74. The summed E-state index contributed by atoms with van der Waals surface area (Å²) in [4.78, 5) is 12.0. The van der Waals surface area contributed by atoms with Crippen LogP contribution in [-0.4, -0.2) is 23.7 Å². The van der Waals surface area contributed by atoms with Crippen molar-refractivity contribution in [2.24, 2.45) is 11.8 Å². The molecule has 0 spiro atoms. The Morgan fingerprint density at radius 1 is 1.18 bits per heavy atom. The molecule has 0 radical (unpaired) electrons.